The van der Waals surface area contributed by atoms with Gasteiger partial charge in [0.15, 0.2) is 11.5 Å². The summed E-state index contributed by atoms with van der Waals surface area (Å²) in [6, 6.07) is 13.0. The molecule has 1 aromatic carbocycles. The van der Waals surface area contributed by atoms with Crippen LogP contribution in [0.2, 0.25) is 0 Å². The van der Waals surface area contributed by atoms with E-state index in [1.165, 1.54) is 4.63 Å². The van der Waals surface area contributed by atoms with Gasteiger partial charge in [0, 0.05) is 26.2 Å². The average molecular weight is 338 g/mol. The van der Waals surface area contributed by atoms with Gasteiger partial charge in [0.05, 0.1) is 0 Å². The smallest absolute Gasteiger partial charge is 0.239 e. The minimum Gasteiger partial charge on any atom is -0.368 e. The standard InChI is InChI=1S/C16H18N8O/c17-16(25)15(12-4-2-1-3-5-12)23-10-8-22(9-11-23)14-7-6-13-18-20-21-24(13)19-14/h1-7,15H,8-11H2,(H2,17,25)/t15-/m1/s1. The van der Waals surface area contributed by atoms with Crippen LogP contribution in [-0.4, -0.2) is 62.2 Å². The number of aromatic nitrogens is 5. The van der Waals surface area contributed by atoms with Crippen molar-refractivity contribution in [2.24, 2.45) is 5.73 Å². The molecule has 0 unspecified atom stereocenters. The average Bonchev–Trinajstić information content (AvgIpc) is 3.11. The molecule has 1 fully saturated rings. The van der Waals surface area contributed by atoms with Crippen molar-refractivity contribution in [3.63, 3.8) is 0 Å². The van der Waals surface area contributed by atoms with Gasteiger partial charge >= 0.3 is 0 Å². The van der Waals surface area contributed by atoms with Crippen LogP contribution in [0.1, 0.15) is 11.6 Å². The van der Waals surface area contributed by atoms with Crippen molar-refractivity contribution in [2.75, 3.05) is 31.1 Å². The summed E-state index contributed by atoms with van der Waals surface area (Å²) < 4.78 is 1.41. The van der Waals surface area contributed by atoms with Gasteiger partial charge in [-0.15, -0.1) is 14.8 Å². The Bertz CT molecular complexity index is 872. The Hall–Kier alpha value is -3.07. The highest BCUT2D eigenvalue weighted by molar-refractivity contribution is 5.81. The number of piperazine rings is 1. The van der Waals surface area contributed by atoms with Crippen LogP contribution in [0.3, 0.4) is 0 Å². The summed E-state index contributed by atoms with van der Waals surface area (Å²) in [4.78, 5) is 16.3. The molecule has 9 nitrogen and oxygen atoms in total. The number of hydrogen-bond donors (Lipinski definition) is 1. The lowest BCUT2D eigenvalue weighted by molar-refractivity contribution is -0.123. The third kappa shape index (κ3) is 3.01. The van der Waals surface area contributed by atoms with Gasteiger partial charge in [0.25, 0.3) is 0 Å². The molecule has 1 saturated heterocycles. The van der Waals surface area contributed by atoms with E-state index in [0.717, 1.165) is 37.6 Å². The number of fused-ring (bicyclic) bond motifs is 1. The molecule has 1 aliphatic rings. The molecule has 0 radical (unpaired) electrons. The van der Waals surface area contributed by atoms with Crippen LogP contribution in [0.15, 0.2) is 42.5 Å². The maximum absolute atomic E-state index is 12.0. The number of nitrogens with zero attached hydrogens (tertiary/aromatic N) is 7. The number of benzene rings is 1. The van der Waals surface area contributed by atoms with Crippen LogP contribution in [0, 0.1) is 0 Å². The summed E-state index contributed by atoms with van der Waals surface area (Å²) in [6.45, 7) is 2.93. The Kier molecular flexibility index (Phi) is 3.98. The number of primary amides is 1. The molecule has 2 N–H and O–H groups in total. The van der Waals surface area contributed by atoms with Crippen molar-refractivity contribution in [2.45, 2.75) is 6.04 Å². The van der Waals surface area contributed by atoms with E-state index in [0.29, 0.717) is 5.65 Å². The highest BCUT2D eigenvalue weighted by Crippen LogP contribution is 2.23. The van der Waals surface area contributed by atoms with E-state index in [1.807, 2.05) is 42.5 Å². The van der Waals surface area contributed by atoms with E-state index in [-0.39, 0.29) is 5.91 Å². The SMILES string of the molecule is NC(=O)[C@@H](c1ccccc1)N1CCN(c2ccc3nnnn3n2)CC1. The third-order valence-electron chi connectivity index (χ3n) is 4.44. The number of tetrazole rings is 1. The second-order valence-electron chi connectivity index (χ2n) is 5.96. The van der Waals surface area contributed by atoms with Gasteiger partial charge in [-0.2, -0.15) is 0 Å². The molecule has 1 amide bonds. The quantitative estimate of drug-likeness (QED) is 0.706. The maximum Gasteiger partial charge on any atom is 0.239 e. The Balaban J connectivity index is 1.49. The van der Waals surface area contributed by atoms with Gasteiger partial charge in [0.2, 0.25) is 5.91 Å². The van der Waals surface area contributed by atoms with Crippen LogP contribution < -0.4 is 10.6 Å². The van der Waals surface area contributed by atoms with Crippen LogP contribution >= 0.6 is 0 Å². The lowest BCUT2D eigenvalue weighted by Crippen LogP contribution is -2.50. The lowest BCUT2D eigenvalue weighted by Gasteiger charge is -2.38. The molecule has 1 atom stereocenters. The molecule has 25 heavy (non-hydrogen) atoms. The molecule has 3 heterocycles. The first-order valence-corrected chi connectivity index (χ1v) is 8.11. The number of nitrogens with two attached hydrogens (primary N) is 1. The van der Waals surface area contributed by atoms with Gasteiger partial charge < -0.3 is 10.6 Å². The predicted octanol–water partition coefficient (Wildman–Crippen LogP) is -0.132. The van der Waals surface area contributed by atoms with Gasteiger partial charge in [-0.3, -0.25) is 9.69 Å². The summed E-state index contributed by atoms with van der Waals surface area (Å²) in [7, 11) is 0. The second-order valence-corrected chi connectivity index (χ2v) is 5.96. The summed E-state index contributed by atoms with van der Waals surface area (Å²) in [5.74, 6) is 0.489. The Morgan fingerprint density at radius 1 is 1.04 bits per heavy atom. The van der Waals surface area contributed by atoms with Crippen molar-refractivity contribution in [1.82, 2.24) is 30.2 Å². The molecule has 0 spiro atoms. The number of amides is 1. The van der Waals surface area contributed by atoms with Crippen molar-refractivity contribution in [3.05, 3.63) is 48.0 Å². The van der Waals surface area contributed by atoms with Crippen molar-refractivity contribution in [1.29, 1.82) is 0 Å². The van der Waals surface area contributed by atoms with Gasteiger partial charge in [-0.05, 0) is 28.1 Å². The summed E-state index contributed by atoms with van der Waals surface area (Å²) in [5.41, 5.74) is 7.20. The minimum atomic E-state index is -0.404. The van der Waals surface area contributed by atoms with E-state index in [4.69, 9.17) is 5.73 Å². The fourth-order valence-electron chi connectivity index (χ4n) is 3.21. The van der Waals surface area contributed by atoms with E-state index in [9.17, 15) is 4.79 Å². The first-order chi connectivity index (χ1) is 12.2. The fraction of sp³-hybridized carbons (Fsp3) is 0.312. The molecular formula is C16H18N8O. The predicted molar refractivity (Wildman–Crippen MR) is 90.7 cm³/mol. The molecule has 0 bridgehead atoms. The van der Waals surface area contributed by atoms with E-state index < -0.39 is 6.04 Å². The minimum absolute atomic E-state index is 0.326. The summed E-state index contributed by atoms with van der Waals surface area (Å²) in [6.07, 6.45) is 0. The van der Waals surface area contributed by atoms with Gasteiger partial charge in [-0.1, -0.05) is 30.3 Å². The summed E-state index contributed by atoms with van der Waals surface area (Å²) >= 11 is 0. The van der Waals surface area contributed by atoms with E-state index in [1.54, 1.807) is 0 Å². The number of carbonyl (C=O) groups is 1. The van der Waals surface area contributed by atoms with Gasteiger partial charge in [0.1, 0.15) is 6.04 Å². The highest BCUT2D eigenvalue weighted by atomic mass is 16.1. The lowest BCUT2D eigenvalue weighted by atomic mass is 10.0. The Morgan fingerprint density at radius 2 is 1.80 bits per heavy atom. The number of rotatable bonds is 4. The Labute approximate surface area is 144 Å². The van der Waals surface area contributed by atoms with Crippen LogP contribution in [0.4, 0.5) is 5.82 Å². The number of anilines is 1. The molecule has 4 rings (SSSR count). The van der Waals surface area contributed by atoms with Crippen LogP contribution in [0.5, 0.6) is 0 Å². The topological polar surface area (TPSA) is 106 Å². The molecule has 3 aromatic rings. The maximum atomic E-state index is 12.0. The van der Waals surface area contributed by atoms with Crippen molar-refractivity contribution in [3.8, 4) is 0 Å². The molecule has 2 aromatic heterocycles. The van der Waals surface area contributed by atoms with Crippen LogP contribution in [0.25, 0.3) is 5.65 Å². The molecule has 128 valence electrons. The third-order valence-corrected chi connectivity index (χ3v) is 4.44. The first kappa shape index (κ1) is 15.5. The zero-order valence-corrected chi connectivity index (χ0v) is 13.6. The fourth-order valence-corrected chi connectivity index (χ4v) is 3.21. The molecule has 0 aliphatic carbocycles. The van der Waals surface area contributed by atoms with Crippen LogP contribution in [-0.2, 0) is 4.79 Å². The van der Waals surface area contributed by atoms with Gasteiger partial charge in [-0.25, -0.2) is 0 Å². The number of hydrogen-bond acceptors (Lipinski definition) is 7. The molecular weight excluding hydrogens is 320 g/mol. The summed E-state index contributed by atoms with van der Waals surface area (Å²) in [5, 5.41) is 15.7. The highest BCUT2D eigenvalue weighted by Gasteiger charge is 2.29. The molecule has 1 aliphatic heterocycles. The monoisotopic (exact) mass is 338 g/mol. The zero-order valence-electron chi connectivity index (χ0n) is 13.6. The largest absolute Gasteiger partial charge is 0.368 e. The zero-order chi connectivity index (χ0) is 17.2. The molecule has 9 heteroatoms. The van der Waals surface area contributed by atoms with Crippen molar-refractivity contribution >= 4 is 17.4 Å². The molecule has 0 saturated carbocycles. The first-order valence-electron chi connectivity index (χ1n) is 8.11. The normalized spacial score (nSPS) is 16.9. The Morgan fingerprint density at radius 3 is 2.52 bits per heavy atom. The second kappa shape index (κ2) is 6.44. The van der Waals surface area contributed by atoms with E-state index >= 15 is 0 Å². The number of carbonyl (C=O) groups excluding carboxylic acids is 1. The van der Waals surface area contributed by atoms with Crippen molar-refractivity contribution < 1.29 is 4.79 Å². The van der Waals surface area contributed by atoms with E-state index in [2.05, 4.69) is 30.4 Å².